The third-order valence-electron chi connectivity index (χ3n) is 7.94. The number of benzene rings is 2. The molecule has 0 saturated carbocycles. The molecule has 0 radical (unpaired) electrons. The average Bonchev–Trinajstić information content (AvgIpc) is 3.73. The Kier molecular flexibility index (Phi) is 9.07. The second-order valence-corrected chi connectivity index (χ2v) is 12.8. The van der Waals surface area contributed by atoms with Gasteiger partial charge in [-0.25, -0.2) is 9.07 Å². The lowest BCUT2D eigenvalue weighted by atomic mass is 10.1. The van der Waals surface area contributed by atoms with Crippen molar-refractivity contribution in [2.24, 2.45) is 0 Å². The smallest absolute Gasteiger partial charge is 0.372 e. The van der Waals surface area contributed by atoms with E-state index in [1.54, 1.807) is 23.0 Å². The molecule has 1 atom stereocenters. The number of likely N-dealkylation sites (tertiary alicyclic amines) is 1. The van der Waals surface area contributed by atoms with Crippen molar-refractivity contribution < 1.29 is 17.6 Å². The van der Waals surface area contributed by atoms with E-state index in [0.29, 0.717) is 49.9 Å². The molecule has 3 aromatic heterocycles. The molecule has 4 heterocycles. The SMILES string of the molecule is CCN1CCC(n2cc([C@@H](Nc3cc(Cl)c4ncc(C#N)c(Nc5ccc(F)c(Cl)c5)c4c3)c3ccc(C(F)(F)F)s3)nn2)CC1. The van der Waals surface area contributed by atoms with Crippen LogP contribution >= 0.6 is 34.5 Å². The third kappa shape index (κ3) is 6.62. The van der Waals surface area contributed by atoms with Crippen LogP contribution in [0.25, 0.3) is 10.9 Å². The summed E-state index contributed by atoms with van der Waals surface area (Å²) in [6.45, 7) is 4.93. The Morgan fingerprint density at radius 2 is 1.85 bits per heavy atom. The van der Waals surface area contributed by atoms with Gasteiger partial charge in [0.1, 0.15) is 28.5 Å². The highest BCUT2D eigenvalue weighted by Gasteiger charge is 2.34. The van der Waals surface area contributed by atoms with E-state index in [2.05, 4.69) is 43.8 Å². The van der Waals surface area contributed by atoms with Gasteiger partial charge in [0.05, 0.1) is 39.1 Å². The number of pyridine rings is 1. The van der Waals surface area contributed by atoms with E-state index in [9.17, 15) is 22.8 Å². The Bertz CT molecular complexity index is 1930. The number of rotatable bonds is 8. The minimum Gasteiger partial charge on any atom is -0.372 e. The van der Waals surface area contributed by atoms with Crippen LogP contribution in [0.1, 0.15) is 52.9 Å². The molecule has 1 fully saturated rings. The summed E-state index contributed by atoms with van der Waals surface area (Å²) in [4.78, 5) is 6.35. The van der Waals surface area contributed by atoms with Crippen molar-refractivity contribution in [3.05, 3.63) is 91.7 Å². The lowest BCUT2D eigenvalue weighted by Gasteiger charge is -2.30. The van der Waals surface area contributed by atoms with E-state index < -0.39 is 22.9 Å². The number of alkyl halides is 3. The summed E-state index contributed by atoms with van der Waals surface area (Å²) >= 11 is 13.3. The molecule has 1 saturated heterocycles. The van der Waals surface area contributed by atoms with Crippen molar-refractivity contribution in [2.75, 3.05) is 30.3 Å². The van der Waals surface area contributed by atoms with Crippen LogP contribution in [-0.2, 0) is 6.18 Å². The molecular weight excluding hydrogens is 663 g/mol. The summed E-state index contributed by atoms with van der Waals surface area (Å²) in [5.74, 6) is -0.599. The fourth-order valence-corrected chi connectivity index (χ4v) is 6.89. The van der Waals surface area contributed by atoms with Gasteiger partial charge in [-0.15, -0.1) is 16.4 Å². The maximum absolute atomic E-state index is 13.8. The van der Waals surface area contributed by atoms with E-state index in [1.165, 1.54) is 30.5 Å². The van der Waals surface area contributed by atoms with Gasteiger partial charge >= 0.3 is 6.18 Å². The Balaban J connectivity index is 1.40. The Labute approximate surface area is 275 Å². The maximum atomic E-state index is 13.8. The van der Waals surface area contributed by atoms with Crippen molar-refractivity contribution in [3.63, 3.8) is 0 Å². The van der Waals surface area contributed by atoms with Gasteiger partial charge in [-0.05, 0) is 61.9 Å². The molecule has 0 spiro atoms. The minimum atomic E-state index is -4.51. The van der Waals surface area contributed by atoms with Gasteiger partial charge in [0.25, 0.3) is 0 Å². The summed E-state index contributed by atoms with van der Waals surface area (Å²) in [6.07, 6.45) is 0.407. The molecule has 15 heteroatoms. The first-order chi connectivity index (χ1) is 22.0. The number of nitriles is 1. The lowest BCUT2D eigenvalue weighted by Crippen LogP contribution is -2.34. The standard InChI is InChI=1S/C31H26Cl2F4N8S/c1-2-44-9-7-20(8-10-44)45-16-25(42-43-45)30(26-5-6-27(46-26)31(35,36)37)41-19-11-21-28(40-18-3-4-24(34)22(32)12-18)17(14-38)15-39-29(21)23(33)13-19/h3-6,11-13,15-16,20,30,41H,2,7-10H2,1H3,(H,39,40)/t30-/m1/s1. The number of nitrogens with one attached hydrogen (secondary N) is 2. The van der Waals surface area contributed by atoms with Gasteiger partial charge < -0.3 is 15.5 Å². The molecule has 0 bridgehead atoms. The third-order valence-corrected chi connectivity index (χ3v) is 9.71. The Hall–Kier alpha value is -3.96. The van der Waals surface area contributed by atoms with Crippen LogP contribution in [-0.4, -0.2) is 44.5 Å². The zero-order chi connectivity index (χ0) is 32.6. The Morgan fingerprint density at radius 3 is 2.52 bits per heavy atom. The van der Waals surface area contributed by atoms with E-state index in [0.717, 1.165) is 38.5 Å². The first-order valence-electron chi connectivity index (χ1n) is 14.4. The van der Waals surface area contributed by atoms with Crippen molar-refractivity contribution in [1.82, 2.24) is 24.9 Å². The average molecular weight is 690 g/mol. The van der Waals surface area contributed by atoms with Crippen LogP contribution in [0, 0.1) is 17.1 Å². The number of anilines is 3. The second kappa shape index (κ2) is 13.0. The molecule has 0 amide bonds. The van der Waals surface area contributed by atoms with Crippen LogP contribution in [0.4, 0.5) is 34.6 Å². The van der Waals surface area contributed by atoms with Crippen LogP contribution in [0.3, 0.4) is 0 Å². The van der Waals surface area contributed by atoms with Crippen LogP contribution in [0.2, 0.25) is 10.0 Å². The molecule has 2 N–H and O–H groups in total. The topological polar surface area (TPSA) is 94.7 Å². The number of fused-ring (bicyclic) bond motifs is 1. The molecule has 0 aliphatic carbocycles. The van der Waals surface area contributed by atoms with Crippen LogP contribution in [0.15, 0.2) is 54.9 Å². The maximum Gasteiger partial charge on any atom is 0.425 e. The van der Waals surface area contributed by atoms with Crippen molar-refractivity contribution in [2.45, 2.75) is 38.0 Å². The molecule has 5 aromatic rings. The first kappa shape index (κ1) is 32.0. The second-order valence-electron chi connectivity index (χ2n) is 10.8. The predicted octanol–water partition coefficient (Wildman–Crippen LogP) is 8.83. The highest BCUT2D eigenvalue weighted by Crippen LogP contribution is 2.41. The number of thiophene rings is 1. The number of nitrogens with zero attached hydrogens (tertiary/aromatic N) is 6. The minimum absolute atomic E-state index is 0.108. The molecule has 1 aliphatic heterocycles. The number of hydrogen-bond donors (Lipinski definition) is 2. The molecule has 8 nitrogen and oxygen atoms in total. The van der Waals surface area contributed by atoms with E-state index in [1.807, 2.05) is 0 Å². The highest BCUT2D eigenvalue weighted by atomic mass is 35.5. The molecule has 238 valence electrons. The number of hydrogen-bond acceptors (Lipinski definition) is 8. The first-order valence-corrected chi connectivity index (χ1v) is 15.9. The van der Waals surface area contributed by atoms with E-state index >= 15 is 0 Å². The van der Waals surface area contributed by atoms with Gasteiger partial charge in [0.2, 0.25) is 0 Å². The summed E-state index contributed by atoms with van der Waals surface area (Å²) in [6, 6.07) is 11.2. The van der Waals surface area contributed by atoms with Gasteiger partial charge in [0, 0.05) is 40.9 Å². The van der Waals surface area contributed by atoms with E-state index in [4.69, 9.17) is 23.2 Å². The van der Waals surface area contributed by atoms with Crippen molar-refractivity contribution in [3.8, 4) is 6.07 Å². The quantitative estimate of drug-likeness (QED) is 0.157. The molecule has 1 aliphatic rings. The fraction of sp³-hybridized carbons (Fsp3) is 0.290. The van der Waals surface area contributed by atoms with E-state index in [-0.39, 0.29) is 21.7 Å². The summed E-state index contributed by atoms with van der Waals surface area (Å²) in [5.41, 5.74) is 2.20. The van der Waals surface area contributed by atoms with Gasteiger partial charge in [0.15, 0.2) is 0 Å². The highest BCUT2D eigenvalue weighted by molar-refractivity contribution is 7.12. The molecule has 0 unspecified atom stereocenters. The number of piperidine rings is 1. The summed E-state index contributed by atoms with van der Waals surface area (Å²) < 4.78 is 56.5. The predicted molar refractivity (Wildman–Crippen MR) is 171 cm³/mol. The molecule has 2 aromatic carbocycles. The van der Waals surface area contributed by atoms with Gasteiger partial charge in [-0.2, -0.15) is 18.4 Å². The monoisotopic (exact) mass is 688 g/mol. The molecule has 6 rings (SSSR count). The van der Waals surface area contributed by atoms with Gasteiger partial charge in [-0.1, -0.05) is 35.3 Å². The van der Waals surface area contributed by atoms with Crippen LogP contribution < -0.4 is 10.6 Å². The number of aromatic nitrogens is 4. The lowest BCUT2D eigenvalue weighted by molar-refractivity contribution is -0.134. The number of halogens is 6. The summed E-state index contributed by atoms with van der Waals surface area (Å²) in [7, 11) is 0. The normalized spacial score (nSPS) is 15.2. The summed E-state index contributed by atoms with van der Waals surface area (Å²) in [5, 5.41) is 25.6. The Morgan fingerprint density at radius 1 is 1.09 bits per heavy atom. The fourth-order valence-electron chi connectivity index (χ4n) is 5.50. The zero-order valence-electron chi connectivity index (χ0n) is 24.2. The van der Waals surface area contributed by atoms with Crippen molar-refractivity contribution >= 4 is 62.5 Å². The van der Waals surface area contributed by atoms with Crippen molar-refractivity contribution in [1.29, 1.82) is 5.26 Å². The largest absolute Gasteiger partial charge is 0.425 e. The van der Waals surface area contributed by atoms with Gasteiger partial charge in [-0.3, -0.25) is 4.98 Å². The molecular formula is C31H26Cl2F4N8S. The molecule has 46 heavy (non-hydrogen) atoms. The zero-order valence-corrected chi connectivity index (χ0v) is 26.6. The van der Waals surface area contributed by atoms with Crippen LogP contribution in [0.5, 0.6) is 0 Å².